The maximum absolute atomic E-state index is 11.5. The fourth-order valence-electron chi connectivity index (χ4n) is 0.840. The Hall–Kier alpha value is -1.59. The highest BCUT2D eigenvalue weighted by Crippen LogP contribution is 2.09. The van der Waals surface area contributed by atoms with Crippen molar-refractivity contribution in [2.45, 2.75) is 26.4 Å². The van der Waals surface area contributed by atoms with Crippen molar-refractivity contribution in [3.8, 4) is 0 Å². The molecule has 0 saturated heterocycles. The van der Waals surface area contributed by atoms with Gasteiger partial charge in [-0.2, -0.15) is 0 Å². The standard InChI is InChI=1S/C10H17NO5/c1-10(2,3)16-9(14)11(5-6-12)7-8(13)15-4/h6H,5,7H2,1-4H3. The molecule has 16 heavy (non-hydrogen) atoms. The number of carbonyl (C=O) groups is 3. The third-order valence-corrected chi connectivity index (χ3v) is 1.49. The van der Waals surface area contributed by atoms with Crippen LogP contribution in [-0.4, -0.2) is 49.0 Å². The quantitative estimate of drug-likeness (QED) is 0.523. The first-order chi connectivity index (χ1) is 7.30. The van der Waals surface area contributed by atoms with E-state index in [4.69, 9.17) is 4.74 Å². The van der Waals surface area contributed by atoms with Crippen LogP contribution in [0, 0.1) is 0 Å². The van der Waals surface area contributed by atoms with Gasteiger partial charge in [0.25, 0.3) is 0 Å². The first-order valence-electron chi connectivity index (χ1n) is 4.78. The SMILES string of the molecule is COC(=O)CN(CC=O)C(=O)OC(C)(C)C. The summed E-state index contributed by atoms with van der Waals surface area (Å²) in [7, 11) is 1.20. The molecule has 0 aliphatic heterocycles. The molecule has 0 unspecified atom stereocenters. The molecule has 92 valence electrons. The van der Waals surface area contributed by atoms with E-state index in [0.29, 0.717) is 6.29 Å². The topological polar surface area (TPSA) is 72.9 Å². The van der Waals surface area contributed by atoms with E-state index in [0.717, 1.165) is 4.90 Å². The van der Waals surface area contributed by atoms with Gasteiger partial charge in [-0.25, -0.2) is 4.79 Å². The van der Waals surface area contributed by atoms with Crippen LogP contribution in [0.5, 0.6) is 0 Å². The number of hydrogen-bond donors (Lipinski definition) is 0. The van der Waals surface area contributed by atoms with Gasteiger partial charge < -0.3 is 14.3 Å². The van der Waals surface area contributed by atoms with Crippen molar-refractivity contribution in [2.24, 2.45) is 0 Å². The predicted molar refractivity (Wildman–Crippen MR) is 55.9 cm³/mol. The summed E-state index contributed by atoms with van der Waals surface area (Å²) in [4.78, 5) is 33.8. The Kier molecular flexibility index (Phi) is 5.49. The summed E-state index contributed by atoms with van der Waals surface area (Å²) in [5.41, 5.74) is -0.672. The van der Waals surface area contributed by atoms with E-state index in [-0.39, 0.29) is 13.1 Å². The van der Waals surface area contributed by atoms with Gasteiger partial charge in [-0.3, -0.25) is 9.69 Å². The number of rotatable bonds is 4. The van der Waals surface area contributed by atoms with Crippen molar-refractivity contribution < 1.29 is 23.9 Å². The van der Waals surface area contributed by atoms with E-state index in [9.17, 15) is 14.4 Å². The lowest BCUT2D eigenvalue weighted by Crippen LogP contribution is -2.41. The lowest BCUT2D eigenvalue weighted by Gasteiger charge is -2.25. The van der Waals surface area contributed by atoms with Crippen LogP contribution < -0.4 is 0 Å². The molecule has 0 aliphatic rings. The largest absolute Gasteiger partial charge is 0.468 e. The van der Waals surface area contributed by atoms with Crippen LogP contribution >= 0.6 is 0 Å². The average Bonchev–Trinajstić information content (AvgIpc) is 2.14. The smallest absolute Gasteiger partial charge is 0.411 e. The summed E-state index contributed by atoms with van der Waals surface area (Å²) in [6, 6.07) is 0. The Morgan fingerprint density at radius 3 is 2.25 bits per heavy atom. The van der Waals surface area contributed by atoms with Gasteiger partial charge in [0.2, 0.25) is 0 Å². The van der Waals surface area contributed by atoms with E-state index in [1.165, 1.54) is 7.11 Å². The zero-order chi connectivity index (χ0) is 12.8. The normalized spacial score (nSPS) is 10.5. The minimum atomic E-state index is -0.718. The van der Waals surface area contributed by atoms with Crippen LogP contribution in [0.2, 0.25) is 0 Å². The number of amides is 1. The number of aldehydes is 1. The lowest BCUT2D eigenvalue weighted by molar-refractivity contribution is -0.141. The molecule has 0 bridgehead atoms. The highest BCUT2D eigenvalue weighted by atomic mass is 16.6. The Morgan fingerprint density at radius 2 is 1.88 bits per heavy atom. The third kappa shape index (κ3) is 6.00. The van der Waals surface area contributed by atoms with Crippen LogP contribution in [0.15, 0.2) is 0 Å². The summed E-state index contributed by atoms with van der Waals surface area (Å²) in [6.07, 6.45) is -0.197. The molecule has 0 spiro atoms. The molecule has 6 nitrogen and oxygen atoms in total. The number of carbonyl (C=O) groups excluding carboxylic acids is 3. The van der Waals surface area contributed by atoms with E-state index in [2.05, 4.69) is 4.74 Å². The summed E-state index contributed by atoms with van der Waals surface area (Å²) in [6.45, 7) is 4.58. The summed E-state index contributed by atoms with van der Waals surface area (Å²) < 4.78 is 9.42. The van der Waals surface area contributed by atoms with Crippen LogP contribution in [0.4, 0.5) is 4.79 Å². The van der Waals surface area contributed by atoms with Crippen molar-refractivity contribution in [2.75, 3.05) is 20.2 Å². The molecule has 6 heteroatoms. The number of hydrogen-bond acceptors (Lipinski definition) is 5. The van der Waals surface area contributed by atoms with Gasteiger partial charge in [0.1, 0.15) is 18.4 Å². The Bertz CT molecular complexity index is 269. The zero-order valence-corrected chi connectivity index (χ0v) is 9.98. The highest BCUT2D eigenvalue weighted by Gasteiger charge is 2.23. The Morgan fingerprint density at radius 1 is 1.31 bits per heavy atom. The van der Waals surface area contributed by atoms with Crippen molar-refractivity contribution in [3.63, 3.8) is 0 Å². The second-order valence-corrected chi connectivity index (χ2v) is 4.10. The maximum atomic E-state index is 11.5. The molecule has 0 aliphatic carbocycles. The number of nitrogens with zero attached hydrogens (tertiary/aromatic N) is 1. The molecule has 0 heterocycles. The lowest BCUT2D eigenvalue weighted by atomic mass is 10.2. The fourth-order valence-corrected chi connectivity index (χ4v) is 0.840. The van der Waals surface area contributed by atoms with Crippen molar-refractivity contribution in [1.82, 2.24) is 4.90 Å². The molecule has 0 rings (SSSR count). The molecule has 1 amide bonds. The molecule has 0 saturated carbocycles. The average molecular weight is 231 g/mol. The Labute approximate surface area is 94.5 Å². The van der Waals surface area contributed by atoms with Crippen LogP contribution in [0.3, 0.4) is 0 Å². The van der Waals surface area contributed by atoms with Gasteiger partial charge in [0.15, 0.2) is 0 Å². The first-order valence-corrected chi connectivity index (χ1v) is 4.78. The molecule has 0 aromatic heterocycles. The minimum Gasteiger partial charge on any atom is -0.468 e. The summed E-state index contributed by atoms with van der Waals surface area (Å²) in [5, 5.41) is 0. The second kappa shape index (κ2) is 6.09. The van der Waals surface area contributed by atoms with Crippen molar-refractivity contribution >= 4 is 18.3 Å². The summed E-state index contributed by atoms with van der Waals surface area (Å²) >= 11 is 0. The van der Waals surface area contributed by atoms with E-state index in [1.54, 1.807) is 20.8 Å². The van der Waals surface area contributed by atoms with Gasteiger partial charge >= 0.3 is 12.1 Å². The molecular weight excluding hydrogens is 214 g/mol. The van der Waals surface area contributed by atoms with Crippen molar-refractivity contribution in [1.29, 1.82) is 0 Å². The van der Waals surface area contributed by atoms with E-state index in [1.807, 2.05) is 0 Å². The molecule has 0 aromatic rings. The zero-order valence-electron chi connectivity index (χ0n) is 9.98. The van der Waals surface area contributed by atoms with Crippen LogP contribution in [0.25, 0.3) is 0 Å². The molecule has 0 N–H and O–H groups in total. The third-order valence-electron chi connectivity index (χ3n) is 1.49. The monoisotopic (exact) mass is 231 g/mol. The predicted octanol–water partition coefficient (Wildman–Crippen LogP) is 0.595. The van der Waals surface area contributed by atoms with Gasteiger partial charge in [-0.1, -0.05) is 0 Å². The molecule has 0 aromatic carbocycles. The first kappa shape index (κ1) is 14.4. The Balaban J connectivity index is 4.46. The molecule has 0 radical (unpaired) electrons. The minimum absolute atomic E-state index is 0.204. The van der Waals surface area contributed by atoms with Crippen LogP contribution in [-0.2, 0) is 19.1 Å². The maximum Gasteiger partial charge on any atom is 0.411 e. The van der Waals surface area contributed by atoms with Gasteiger partial charge in [-0.15, -0.1) is 0 Å². The van der Waals surface area contributed by atoms with Crippen molar-refractivity contribution in [3.05, 3.63) is 0 Å². The number of methoxy groups -OCH3 is 1. The molecule has 0 atom stereocenters. The van der Waals surface area contributed by atoms with Gasteiger partial charge in [-0.05, 0) is 20.8 Å². The molecule has 0 fully saturated rings. The second-order valence-electron chi connectivity index (χ2n) is 4.10. The fraction of sp³-hybridized carbons (Fsp3) is 0.700. The number of esters is 1. The van der Waals surface area contributed by atoms with Gasteiger partial charge in [0.05, 0.1) is 13.7 Å². The number of ether oxygens (including phenoxy) is 2. The molecular formula is C10H17NO5. The van der Waals surface area contributed by atoms with E-state index < -0.39 is 17.7 Å². The van der Waals surface area contributed by atoms with Gasteiger partial charge in [0, 0.05) is 0 Å². The summed E-state index contributed by atoms with van der Waals surface area (Å²) in [5.74, 6) is -0.604. The highest BCUT2D eigenvalue weighted by molar-refractivity contribution is 5.79. The van der Waals surface area contributed by atoms with Crippen LogP contribution in [0.1, 0.15) is 20.8 Å². The van der Waals surface area contributed by atoms with E-state index >= 15 is 0 Å².